The molecule has 1 aliphatic rings. The van der Waals surface area contributed by atoms with Crippen LogP contribution < -0.4 is 16.8 Å². The smallest absolute Gasteiger partial charge is 0.240 e. The number of benzene rings is 1. The minimum Gasteiger partial charge on any atom is -0.402 e. The van der Waals surface area contributed by atoms with Gasteiger partial charge in [-0.3, -0.25) is 9.59 Å². The molecular formula is C23H31N3O2. The Morgan fingerprint density at radius 3 is 2.36 bits per heavy atom. The fourth-order valence-electron chi connectivity index (χ4n) is 3.35. The predicted molar refractivity (Wildman–Crippen MR) is 115 cm³/mol. The highest BCUT2D eigenvalue weighted by Crippen LogP contribution is 2.24. The van der Waals surface area contributed by atoms with E-state index < -0.39 is 23.3 Å². The van der Waals surface area contributed by atoms with E-state index >= 15 is 0 Å². The maximum absolute atomic E-state index is 12.9. The molecule has 2 rings (SSSR count). The number of carbonyl (C=O) groups is 2. The molecule has 0 spiro atoms. The second-order valence-electron chi connectivity index (χ2n) is 8.48. The molecule has 0 heterocycles. The van der Waals surface area contributed by atoms with Crippen molar-refractivity contribution in [2.45, 2.75) is 46.1 Å². The second kappa shape index (κ2) is 8.91. The molecule has 2 unspecified atom stereocenters. The van der Waals surface area contributed by atoms with Gasteiger partial charge in [-0.05, 0) is 41.4 Å². The summed E-state index contributed by atoms with van der Waals surface area (Å²) in [6.07, 6.45) is 10.2. The summed E-state index contributed by atoms with van der Waals surface area (Å²) >= 11 is 0. The van der Waals surface area contributed by atoms with E-state index in [1.807, 2.05) is 26.8 Å². The van der Waals surface area contributed by atoms with Crippen molar-refractivity contribution in [1.82, 2.24) is 5.32 Å². The summed E-state index contributed by atoms with van der Waals surface area (Å²) in [6.45, 7) is 9.35. The molecule has 1 aliphatic carbocycles. The van der Waals surface area contributed by atoms with Gasteiger partial charge >= 0.3 is 0 Å². The summed E-state index contributed by atoms with van der Waals surface area (Å²) < 4.78 is 0. The standard InChI is InChI=1S/C23H31N3O2/c1-15(24)12-19(22(28)26-20(21(25)27)23(2,3)4)14-16-10-11-17-8-6-5-7-9-18(17)13-16/h6-11,13,19-20H,1,5,12,14,24H2,2-4H3,(H2,25,27)(H,26,28). The van der Waals surface area contributed by atoms with Gasteiger partial charge in [0.05, 0.1) is 0 Å². The van der Waals surface area contributed by atoms with Crippen LogP contribution in [-0.2, 0) is 16.0 Å². The Labute approximate surface area is 167 Å². The summed E-state index contributed by atoms with van der Waals surface area (Å²) in [4.78, 5) is 24.8. The van der Waals surface area contributed by atoms with Crippen molar-refractivity contribution >= 4 is 24.0 Å². The average molecular weight is 382 g/mol. The van der Waals surface area contributed by atoms with Gasteiger partial charge in [0.15, 0.2) is 0 Å². The third-order valence-corrected chi connectivity index (χ3v) is 4.82. The zero-order chi connectivity index (χ0) is 20.9. The highest BCUT2D eigenvalue weighted by atomic mass is 16.2. The van der Waals surface area contributed by atoms with Gasteiger partial charge in [-0.1, -0.05) is 69.9 Å². The molecule has 0 saturated heterocycles. The van der Waals surface area contributed by atoms with E-state index in [9.17, 15) is 9.59 Å². The molecule has 0 aromatic heterocycles. The summed E-state index contributed by atoms with van der Waals surface area (Å²) in [5.74, 6) is -1.21. The maximum Gasteiger partial charge on any atom is 0.240 e. The van der Waals surface area contributed by atoms with Crippen LogP contribution in [0.3, 0.4) is 0 Å². The van der Waals surface area contributed by atoms with E-state index in [0.29, 0.717) is 18.5 Å². The summed E-state index contributed by atoms with van der Waals surface area (Å²) in [7, 11) is 0. The Hall–Kier alpha value is -2.82. The molecule has 0 saturated carbocycles. The number of nitrogens with one attached hydrogen (secondary N) is 1. The van der Waals surface area contributed by atoms with E-state index in [1.165, 1.54) is 0 Å². The highest BCUT2D eigenvalue weighted by Gasteiger charge is 2.33. The normalized spacial score (nSPS) is 15.2. The Morgan fingerprint density at radius 1 is 1.14 bits per heavy atom. The van der Waals surface area contributed by atoms with Crippen LogP contribution in [0.1, 0.15) is 50.3 Å². The molecule has 28 heavy (non-hydrogen) atoms. The van der Waals surface area contributed by atoms with Crippen LogP contribution >= 0.6 is 0 Å². The number of rotatable bonds is 7. The van der Waals surface area contributed by atoms with E-state index in [-0.39, 0.29) is 5.91 Å². The average Bonchev–Trinajstić information content (AvgIpc) is 2.82. The van der Waals surface area contributed by atoms with Crippen molar-refractivity contribution in [3.05, 3.63) is 59.3 Å². The van der Waals surface area contributed by atoms with Crippen LogP contribution in [0.2, 0.25) is 0 Å². The van der Waals surface area contributed by atoms with Crippen LogP contribution in [0.5, 0.6) is 0 Å². The molecule has 1 aromatic rings. The first-order valence-corrected chi connectivity index (χ1v) is 9.57. The lowest BCUT2D eigenvalue weighted by Gasteiger charge is -2.30. The van der Waals surface area contributed by atoms with Crippen LogP contribution in [0.15, 0.2) is 42.6 Å². The van der Waals surface area contributed by atoms with Gasteiger partial charge in [0.1, 0.15) is 6.04 Å². The largest absolute Gasteiger partial charge is 0.402 e. The molecule has 150 valence electrons. The van der Waals surface area contributed by atoms with Crippen LogP contribution in [0.25, 0.3) is 12.2 Å². The van der Waals surface area contributed by atoms with Crippen molar-refractivity contribution in [2.75, 3.05) is 0 Å². The molecular weight excluding hydrogens is 350 g/mol. The number of carbonyl (C=O) groups excluding carboxylic acids is 2. The Morgan fingerprint density at radius 2 is 1.79 bits per heavy atom. The van der Waals surface area contributed by atoms with E-state index in [0.717, 1.165) is 23.1 Å². The minimum atomic E-state index is -0.756. The molecule has 0 bridgehead atoms. The zero-order valence-corrected chi connectivity index (χ0v) is 17.0. The third kappa shape index (κ3) is 5.84. The van der Waals surface area contributed by atoms with Gasteiger partial charge in [0.2, 0.25) is 11.8 Å². The number of fused-ring (bicyclic) bond motifs is 1. The van der Waals surface area contributed by atoms with Gasteiger partial charge in [0.25, 0.3) is 0 Å². The molecule has 5 heteroatoms. The van der Waals surface area contributed by atoms with E-state index in [1.54, 1.807) is 0 Å². The van der Waals surface area contributed by atoms with Crippen LogP contribution in [-0.4, -0.2) is 17.9 Å². The lowest BCUT2D eigenvalue weighted by Crippen LogP contribution is -2.53. The Bertz CT molecular complexity index is 816. The SMILES string of the molecule is C=C(N)CC(Cc1ccc2c(c1)C=CCC=C2)C(=O)NC(C(N)=O)C(C)(C)C. The fourth-order valence-corrected chi connectivity index (χ4v) is 3.35. The Balaban J connectivity index is 2.23. The first-order valence-electron chi connectivity index (χ1n) is 9.57. The van der Waals surface area contributed by atoms with Crippen LogP contribution in [0.4, 0.5) is 0 Å². The first kappa shape index (κ1) is 21.5. The molecule has 5 nitrogen and oxygen atoms in total. The maximum atomic E-state index is 12.9. The van der Waals surface area contributed by atoms with Gasteiger partial charge in [-0.2, -0.15) is 0 Å². The van der Waals surface area contributed by atoms with Gasteiger partial charge in [0, 0.05) is 11.6 Å². The van der Waals surface area contributed by atoms with Crippen molar-refractivity contribution in [3.8, 4) is 0 Å². The quantitative estimate of drug-likeness (QED) is 0.676. The van der Waals surface area contributed by atoms with Crippen molar-refractivity contribution in [1.29, 1.82) is 0 Å². The molecule has 0 aliphatic heterocycles. The van der Waals surface area contributed by atoms with Crippen molar-refractivity contribution in [2.24, 2.45) is 22.8 Å². The third-order valence-electron chi connectivity index (χ3n) is 4.82. The predicted octanol–water partition coefficient (Wildman–Crippen LogP) is 3.15. The number of hydrogen-bond acceptors (Lipinski definition) is 3. The number of amides is 2. The number of nitrogens with two attached hydrogens (primary N) is 2. The van der Waals surface area contributed by atoms with Crippen molar-refractivity contribution < 1.29 is 9.59 Å². The zero-order valence-electron chi connectivity index (χ0n) is 17.0. The fraction of sp³-hybridized carbons (Fsp3) is 0.391. The molecule has 1 aromatic carbocycles. The van der Waals surface area contributed by atoms with Crippen molar-refractivity contribution in [3.63, 3.8) is 0 Å². The molecule has 2 amide bonds. The van der Waals surface area contributed by atoms with E-state index in [4.69, 9.17) is 11.5 Å². The summed E-state index contributed by atoms with van der Waals surface area (Å²) in [6, 6.07) is 5.42. The molecule has 0 radical (unpaired) electrons. The second-order valence-corrected chi connectivity index (χ2v) is 8.48. The van der Waals surface area contributed by atoms with E-state index in [2.05, 4.69) is 48.3 Å². The first-order chi connectivity index (χ1) is 13.1. The summed E-state index contributed by atoms with van der Waals surface area (Å²) in [5, 5.41) is 2.82. The topological polar surface area (TPSA) is 98.2 Å². The number of allylic oxidation sites excluding steroid dienone is 3. The summed E-state index contributed by atoms with van der Waals surface area (Å²) in [5.41, 5.74) is 14.6. The van der Waals surface area contributed by atoms with Crippen LogP contribution in [0, 0.1) is 11.3 Å². The monoisotopic (exact) mass is 381 g/mol. The lowest BCUT2D eigenvalue weighted by atomic mass is 9.85. The Kier molecular flexibility index (Phi) is 6.84. The van der Waals surface area contributed by atoms with Gasteiger partial charge in [-0.25, -0.2) is 0 Å². The lowest BCUT2D eigenvalue weighted by molar-refractivity contribution is -0.132. The number of primary amides is 1. The highest BCUT2D eigenvalue weighted by molar-refractivity contribution is 5.88. The van der Waals surface area contributed by atoms with Gasteiger partial charge < -0.3 is 16.8 Å². The minimum absolute atomic E-state index is 0.240. The number of hydrogen-bond donors (Lipinski definition) is 3. The molecule has 0 fully saturated rings. The molecule has 2 atom stereocenters. The van der Waals surface area contributed by atoms with Gasteiger partial charge in [-0.15, -0.1) is 0 Å². The molecule has 5 N–H and O–H groups in total.